The van der Waals surface area contributed by atoms with Crippen molar-refractivity contribution in [2.24, 2.45) is 0 Å². The van der Waals surface area contributed by atoms with E-state index in [-0.39, 0.29) is 24.8 Å². The first-order chi connectivity index (χ1) is 16.7. The minimum atomic E-state index is -0.546. The molecule has 1 unspecified atom stereocenters. The summed E-state index contributed by atoms with van der Waals surface area (Å²) in [6.07, 6.45) is 3.43. The average molecular weight is 454 g/mol. The average Bonchev–Trinajstić information content (AvgIpc) is 3.40. The van der Waals surface area contributed by atoms with Crippen molar-refractivity contribution in [1.29, 1.82) is 0 Å². The number of pyridine rings is 1. The second kappa shape index (κ2) is 9.66. The zero-order valence-electron chi connectivity index (χ0n) is 18.4. The number of carbonyl (C=O) groups excluding carboxylic acids is 2. The number of aromatic nitrogens is 3. The van der Waals surface area contributed by atoms with Crippen LogP contribution >= 0.6 is 0 Å². The highest BCUT2D eigenvalue weighted by molar-refractivity contribution is 5.94. The Morgan fingerprint density at radius 1 is 0.941 bits per heavy atom. The van der Waals surface area contributed by atoms with Crippen molar-refractivity contribution in [3.05, 3.63) is 102 Å². The molecule has 2 aromatic heterocycles. The molecule has 2 aromatic carbocycles. The summed E-state index contributed by atoms with van der Waals surface area (Å²) in [6, 6.07) is 22.0. The standard InChI is InChI=1S/C26H23N5O3/c32-23(16-19-8-3-1-4-9-19)31-15-14-30(26(33)21-12-7-13-27-17-21)18-22(31)25-28-24(29-34-25)20-10-5-2-6-11-20/h1-13,17,22H,14-16,18H2. The highest BCUT2D eigenvalue weighted by Gasteiger charge is 2.37. The maximum absolute atomic E-state index is 13.3. The molecule has 1 aliphatic heterocycles. The van der Waals surface area contributed by atoms with Crippen LogP contribution in [0.1, 0.15) is 27.9 Å². The molecule has 1 aliphatic rings. The Morgan fingerprint density at radius 3 is 2.44 bits per heavy atom. The largest absolute Gasteiger partial charge is 0.337 e. The number of rotatable bonds is 5. The third-order valence-corrected chi connectivity index (χ3v) is 5.85. The van der Waals surface area contributed by atoms with Crippen LogP contribution in [-0.4, -0.2) is 56.4 Å². The van der Waals surface area contributed by atoms with Crippen LogP contribution in [0.4, 0.5) is 0 Å². The number of carbonyl (C=O) groups is 2. The molecular formula is C26H23N5O3. The zero-order valence-corrected chi connectivity index (χ0v) is 18.4. The molecule has 0 N–H and O–H groups in total. The topological polar surface area (TPSA) is 92.4 Å². The lowest BCUT2D eigenvalue weighted by molar-refractivity contribution is -0.136. The Hall–Kier alpha value is -4.33. The fourth-order valence-electron chi connectivity index (χ4n) is 4.10. The summed E-state index contributed by atoms with van der Waals surface area (Å²) in [5, 5.41) is 4.13. The van der Waals surface area contributed by atoms with Gasteiger partial charge < -0.3 is 14.3 Å². The molecule has 2 amide bonds. The van der Waals surface area contributed by atoms with Gasteiger partial charge in [-0.15, -0.1) is 0 Å². The monoisotopic (exact) mass is 453 g/mol. The first kappa shape index (κ1) is 21.5. The molecular weight excluding hydrogens is 430 g/mol. The summed E-state index contributed by atoms with van der Waals surface area (Å²) in [6.45, 7) is 1.03. The second-order valence-corrected chi connectivity index (χ2v) is 8.08. The van der Waals surface area contributed by atoms with Crippen molar-refractivity contribution < 1.29 is 14.1 Å². The molecule has 1 fully saturated rings. The van der Waals surface area contributed by atoms with Gasteiger partial charge in [0.15, 0.2) is 0 Å². The van der Waals surface area contributed by atoms with Gasteiger partial charge in [0.1, 0.15) is 6.04 Å². The Labute approximate surface area is 196 Å². The van der Waals surface area contributed by atoms with E-state index in [1.165, 1.54) is 0 Å². The van der Waals surface area contributed by atoms with Crippen LogP contribution < -0.4 is 0 Å². The fraction of sp³-hybridized carbons (Fsp3) is 0.192. The van der Waals surface area contributed by atoms with Crippen LogP contribution in [0, 0.1) is 0 Å². The van der Waals surface area contributed by atoms with E-state index in [9.17, 15) is 9.59 Å². The zero-order chi connectivity index (χ0) is 23.3. The third kappa shape index (κ3) is 4.56. The van der Waals surface area contributed by atoms with E-state index in [0.717, 1.165) is 11.1 Å². The van der Waals surface area contributed by atoms with E-state index in [4.69, 9.17) is 4.52 Å². The van der Waals surface area contributed by atoms with Crippen LogP contribution in [0.2, 0.25) is 0 Å². The molecule has 1 saturated heterocycles. The highest BCUT2D eigenvalue weighted by atomic mass is 16.5. The molecule has 170 valence electrons. The smallest absolute Gasteiger partial charge is 0.255 e. The molecule has 1 atom stereocenters. The number of hydrogen-bond donors (Lipinski definition) is 0. The normalized spacial score (nSPS) is 15.8. The predicted octanol–water partition coefficient (Wildman–Crippen LogP) is 3.40. The molecule has 0 spiro atoms. The maximum Gasteiger partial charge on any atom is 0.255 e. The van der Waals surface area contributed by atoms with Crippen molar-refractivity contribution in [3.8, 4) is 11.4 Å². The van der Waals surface area contributed by atoms with Gasteiger partial charge in [0.25, 0.3) is 11.8 Å². The van der Waals surface area contributed by atoms with Crippen molar-refractivity contribution >= 4 is 11.8 Å². The van der Waals surface area contributed by atoms with Gasteiger partial charge in [-0.1, -0.05) is 65.8 Å². The Balaban J connectivity index is 1.42. The number of benzene rings is 2. The van der Waals surface area contributed by atoms with Gasteiger partial charge >= 0.3 is 0 Å². The summed E-state index contributed by atoms with van der Waals surface area (Å²) >= 11 is 0. The van der Waals surface area contributed by atoms with Crippen LogP contribution in [0.3, 0.4) is 0 Å². The minimum Gasteiger partial charge on any atom is -0.337 e. The highest BCUT2D eigenvalue weighted by Crippen LogP contribution is 2.28. The van der Waals surface area contributed by atoms with Crippen LogP contribution in [0.15, 0.2) is 89.7 Å². The van der Waals surface area contributed by atoms with E-state index in [2.05, 4.69) is 15.1 Å². The van der Waals surface area contributed by atoms with E-state index in [0.29, 0.717) is 30.4 Å². The van der Waals surface area contributed by atoms with Gasteiger partial charge in [-0.3, -0.25) is 14.6 Å². The number of piperazine rings is 1. The molecule has 5 rings (SSSR count). The molecule has 0 bridgehead atoms. The van der Waals surface area contributed by atoms with E-state index in [1.54, 1.807) is 34.3 Å². The van der Waals surface area contributed by atoms with Gasteiger partial charge in [-0.2, -0.15) is 4.98 Å². The minimum absolute atomic E-state index is 0.0517. The lowest BCUT2D eigenvalue weighted by atomic mass is 10.1. The summed E-state index contributed by atoms with van der Waals surface area (Å²) < 4.78 is 5.62. The molecule has 0 saturated carbocycles. The van der Waals surface area contributed by atoms with Crippen LogP contribution in [0.5, 0.6) is 0 Å². The number of nitrogens with zero attached hydrogens (tertiary/aromatic N) is 5. The summed E-state index contributed by atoms with van der Waals surface area (Å²) in [4.78, 5) is 38.5. The Morgan fingerprint density at radius 2 is 1.71 bits per heavy atom. The molecule has 0 aliphatic carbocycles. The van der Waals surface area contributed by atoms with Gasteiger partial charge in [0.05, 0.1) is 18.5 Å². The summed E-state index contributed by atoms with van der Waals surface area (Å²) in [5.41, 5.74) is 2.25. The lowest BCUT2D eigenvalue weighted by Gasteiger charge is -2.39. The number of hydrogen-bond acceptors (Lipinski definition) is 6. The fourth-order valence-corrected chi connectivity index (χ4v) is 4.10. The molecule has 8 nitrogen and oxygen atoms in total. The second-order valence-electron chi connectivity index (χ2n) is 8.08. The van der Waals surface area contributed by atoms with Crippen molar-refractivity contribution in [2.75, 3.05) is 19.6 Å². The summed E-state index contributed by atoms with van der Waals surface area (Å²) in [5.74, 6) is 0.561. The molecule has 0 radical (unpaired) electrons. The van der Waals surface area contributed by atoms with Gasteiger partial charge in [0.2, 0.25) is 11.7 Å². The molecule has 34 heavy (non-hydrogen) atoms. The third-order valence-electron chi connectivity index (χ3n) is 5.85. The molecule has 4 aromatic rings. The van der Waals surface area contributed by atoms with Gasteiger partial charge in [-0.25, -0.2) is 0 Å². The number of amides is 2. The Kier molecular flexibility index (Phi) is 6.11. The predicted molar refractivity (Wildman–Crippen MR) is 124 cm³/mol. The Bertz CT molecular complexity index is 1260. The van der Waals surface area contributed by atoms with Crippen molar-refractivity contribution in [2.45, 2.75) is 12.5 Å². The maximum atomic E-state index is 13.3. The van der Waals surface area contributed by atoms with Crippen LogP contribution in [0.25, 0.3) is 11.4 Å². The lowest BCUT2D eigenvalue weighted by Crippen LogP contribution is -2.52. The SMILES string of the molecule is O=C(c1cccnc1)N1CCN(C(=O)Cc2ccccc2)C(c2nc(-c3ccccc3)no2)C1. The molecule has 3 heterocycles. The van der Waals surface area contributed by atoms with Crippen LogP contribution in [-0.2, 0) is 11.2 Å². The first-order valence-corrected chi connectivity index (χ1v) is 11.1. The quantitative estimate of drug-likeness (QED) is 0.460. The van der Waals surface area contributed by atoms with E-state index < -0.39 is 6.04 Å². The summed E-state index contributed by atoms with van der Waals surface area (Å²) in [7, 11) is 0. The van der Waals surface area contributed by atoms with Crippen molar-refractivity contribution in [1.82, 2.24) is 24.9 Å². The van der Waals surface area contributed by atoms with Gasteiger partial charge in [-0.05, 0) is 17.7 Å². The molecule has 8 heteroatoms. The van der Waals surface area contributed by atoms with Gasteiger partial charge in [0, 0.05) is 31.0 Å². The van der Waals surface area contributed by atoms with E-state index in [1.807, 2.05) is 60.7 Å². The first-order valence-electron chi connectivity index (χ1n) is 11.1. The van der Waals surface area contributed by atoms with Crippen molar-refractivity contribution in [3.63, 3.8) is 0 Å². The van der Waals surface area contributed by atoms with E-state index >= 15 is 0 Å².